The number of aromatic nitrogens is 1. The summed E-state index contributed by atoms with van der Waals surface area (Å²) in [6.45, 7) is 5.45. The molecule has 1 amide bonds. The maximum atomic E-state index is 12.5. The first-order valence-corrected chi connectivity index (χ1v) is 8.65. The summed E-state index contributed by atoms with van der Waals surface area (Å²) in [5.74, 6) is -0.243. The number of Topliss-reactive ketones (excluding diaryl/α,β-unsaturated/α-hetero) is 1. The van der Waals surface area contributed by atoms with E-state index in [1.165, 1.54) is 6.92 Å². The van der Waals surface area contributed by atoms with Crippen molar-refractivity contribution in [2.45, 2.75) is 20.8 Å². The highest BCUT2D eigenvalue weighted by Crippen LogP contribution is 2.21. The van der Waals surface area contributed by atoms with Gasteiger partial charge in [0.25, 0.3) is 5.91 Å². The van der Waals surface area contributed by atoms with Crippen LogP contribution in [-0.2, 0) is 0 Å². The Morgan fingerprint density at radius 1 is 0.889 bits per heavy atom. The van der Waals surface area contributed by atoms with Gasteiger partial charge in [0, 0.05) is 16.9 Å². The van der Waals surface area contributed by atoms with Crippen LogP contribution in [0.1, 0.15) is 38.9 Å². The van der Waals surface area contributed by atoms with Crippen LogP contribution in [0.4, 0.5) is 17.1 Å². The van der Waals surface area contributed by atoms with Gasteiger partial charge in [-0.1, -0.05) is 30.3 Å². The van der Waals surface area contributed by atoms with Crippen LogP contribution in [0.5, 0.6) is 0 Å². The molecule has 1 aromatic heterocycles. The standard InChI is InChI=1S/C22H21N3O2/c1-14-6-4-7-15(2)21(14)25-22(27)20-11-10-19(13-23-20)24-18-9-5-8-17(12-18)16(3)26/h4-13,24H,1-3H3,(H,25,27). The van der Waals surface area contributed by atoms with Crippen LogP contribution in [0.3, 0.4) is 0 Å². The summed E-state index contributed by atoms with van der Waals surface area (Å²) in [6, 6.07) is 16.6. The number of carbonyl (C=O) groups is 2. The quantitative estimate of drug-likeness (QED) is 0.636. The number of para-hydroxylation sites is 1. The summed E-state index contributed by atoms with van der Waals surface area (Å²) in [7, 11) is 0. The van der Waals surface area contributed by atoms with E-state index in [-0.39, 0.29) is 11.7 Å². The van der Waals surface area contributed by atoms with Crippen molar-refractivity contribution in [3.8, 4) is 0 Å². The fourth-order valence-corrected chi connectivity index (χ4v) is 2.77. The van der Waals surface area contributed by atoms with Crippen molar-refractivity contribution in [2.75, 3.05) is 10.6 Å². The normalized spacial score (nSPS) is 10.3. The van der Waals surface area contributed by atoms with Gasteiger partial charge in [-0.2, -0.15) is 0 Å². The highest BCUT2D eigenvalue weighted by atomic mass is 16.2. The monoisotopic (exact) mass is 359 g/mol. The van der Waals surface area contributed by atoms with Crippen molar-refractivity contribution in [3.63, 3.8) is 0 Å². The predicted molar refractivity (Wildman–Crippen MR) is 108 cm³/mol. The van der Waals surface area contributed by atoms with Gasteiger partial charge in [0.1, 0.15) is 5.69 Å². The molecule has 2 N–H and O–H groups in total. The van der Waals surface area contributed by atoms with Crippen molar-refractivity contribution < 1.29 is 9.59 Å². The lowest BCUT2D eigenvalue weighted by Gasteiger charge is -2.11. The maximum absolute atomic E-state index is 12.5. The molecule has 0 aliphatic carbocycles. The molecule has 0 aliphatic heterocycles. The number of ketones is 1. The first kappa shape index (κ1) is 18.3. The van der Waals surface area contributed by atoms with E-state index in [0.29, 0.717) is 11.3 Å². The average molecular weight is 359 g/mol. The summed E-state index contributed by atoms with van der Waals surface area (Å²) in [4.78, 5) is 28.2. The van der Waals surface area contributed by atoms with Gasteiger partial charge in [0.15, 0.2) is 5.78 Å². The van der Waals surface area contributed by atoms with E-state index in [4.69, 9.17) is 0 Å². The molecule has 5 heteroatoms. The Morgan fingerprint density at radius 2 is 1.59 bits per heavy atom. The maximum Gasteiger partial charge on any atom is 0.274 e. The molecule has 3 rings (SSSR count). The van der Waals surface area contributed by atoms with Gasteiger partial charge in [0.2, 0.25) is 0 Å². The van der Waals surface area contributed by atoms with Crippen LogP contribution in [-0.4, -0.2) is 16.7 Å². The van der Waals surface area contributed by atoms with Gasteiger partial charge < -0.3 is 10.6 Å². The number of hydrogen-bond acceptors (Lipinski definition) is 4. The van der Waals surface area contributed by atoms with Gasteiger partial charge in [-0.05, 0) is 56.2 Å². The topological polar surface area (TPSA) is 71.1 Å². The molecule has 0 spiro atoms. The highest BCUT2D eigenvalue weighted by molar-refractivity contribution is 6.03. The van der Waals surface area contributed by atoms with Crippen molar-refractivity contribution in [2.24, 2.45) is 0 Å². The van der Waals surface area contributed by atoms with Crippen LogP contribution in [0.2, 0.25) is 0 Å². The molecule has 0 fully saturated rings. The second-order valence-corrected chi connectivity index (χ2v) is 6.42. The third-order valence-electron chi connectivity index (χ3n) is 4.27. The summed E-state index contributed by atoms with van der Waals surface area (Å²) < 4.78 is 0. The molecule has 0 bridgehead atoms. The van der Waals surface area contributed by atoms with E-state index in [2.05, 4.69) is 15.6 Å². The molecule has 1 heterocycles. The Bertz CT molecular complexity index is 974. The lowest BCUT2D eigenvalue weighted by Crippen LogP contribution is -2.15. The minimum absolute atomic E-state index is 0.00953. The van der Waals surface area contributed by atoms with Crippen molar-refractivity contribution in [1.82, 2.24) is 4.98 Å². The van der Waals surface area contributed by atoms with Crippen LogP contribution < -0.4 is 10.6 Å². The summed E-state index contributed by atoms with van der Waals surface area (Å²) in [5, 5.41) is 6.11. The van der Waals surface area contributed by atoms with Crippen molar-refractivity contribution in [1.29, 1.82) is 0 Å². The first-order chi connectivity index (χ1) is 12.9. The Hall–Kier alpha value is -3.47. The number of rotatable bonds is 5. The number of hydrogen-bond donors (Lipinski definition) is 2. The largest absolute Gasteiger partial charge is 0.354 e. The van der Waals surface area contributed by atoms with Gasteiger partial charge in [-0.15, -0.1) is 0 Å². The van der Waals surface area contributed by atoms with Gasteiger partial charge in [-0.3, -0.25) is 9.59 Å². The van der Waals surface area contributed by atoms with Crippen LogP contribution in [0.25, 0.3) is 0 Å². The van der Waals surface area contributed by atoms with E-state index in [0.717, 1.165) is 28.2 Å². The number of pyridine rings is 1. The van der Waals surface area contributed by atoms with Crippen LogP contribution in [0, 0.1) is 13.8 Å². The summed E-state index contributed by atoms with van der Waals surface area (Å²) in [5.41, 5.74) is 5.32. The Balaban J connectivity index is 1.72. The zero-order valence-corrected chi connectivity index (χ0v) is 15.5. The summed E-state index contributed by atoms with van der Waals surface area (Å²) >= 11 is 0. The van der Waals surface area contributed by atoms with E-state index >= 15 is 0 Å². The molecular weight excluding hydrogens is 338 g/mol. The van der Waals surface area contributed by atoms with Crippen molar-refractivity contribution in [3.05, 3.63) is 83.2 Å². The van der Waals surface area contributed by atoms with Gasteiger partial charge >= 0.3 is 0 Å². The van der Waals surface area contributed by atoms with Gasteiger partial charge in [0.05, 0.1) is 11.9 Å². The fraction of sp³-hybridized carbons (Fsp3) is 0.136. The molecule has 0 atom stereocenters. The molecule has 2 aromatic carbocycles. The molecule has 0 saturated carbocycles. The third kappa shape index (κ3) is 4.39. The number of carbonyl (C=O) groups excluding carboxylic acids is 2. The molecule has 0 aliphatic rings. The molecule has 0 unspecified atom stereocenters. The Kier molecular flexibility index (Phi) is 5.31. The number of nitrogens with zero attached hydrogens (tertiary/aromatic N) is 1. The molecule has 0 saturated heterocycles. The summed E-state index contributed by atoms with van der Waals surface area (Å²) in [6.07, 6.45) is 1.60. The van der Waals surface area contributed by atoms with Gasteiger partial charge in [-0.25, -0.2) is 4.98 Å². The lowest BCUT2D eigenvalue weighted by atomic mass is 10.1. The predicted octanol–water partition coefficient (Wildman–Crippen LogP) is 4.90. The van der Waals surface area contributed by atoms with E-state index < -0.39 is 0 Å². The molecular formula is C22H21N3O2. The smallest absolute Gasteiger partial charge is 0.274 e. The van der Waals surface area contributed by atoms with E-state index in [1.807, 2.05) is 44.2 Å². The third-order valence-corrected chi connectivity index (χ3v) is 4.27. The van der Waals surface area contributed by atoms with E-state index in [1.54, 1.807) is 30.5 Å². The van der Waals surface area contributed by atoms with Crippen LogP contribution in [0.15, 0.2) is 60.8 Å². The molecule has 136 valence electrons. The lowest BCUT2D eigenvalue weighted by molar-refractivity contribution is 0.101. The minimum atomic E-state index is -0.252. The molecule has 5 nitrogen and oxygen atoms in total. The zero-order valence-electron chi connectivity index (χ0n) is 15.5. The van der Waals surface area contributed by atoms with E-state index in [9.17, 15) is 9.59 Å². The molecule has 0 radical (unpaired) electrons. The highest BCUT2D eigenvalue weighted by Gasteiger charge is 2.11. The number of amides is 1. The average Bonchev–Trinajstić information content (AvgIpc) is 2.65. The Morgan fingerprint density at radius 3 is 2.22 bits per heavy atom. The zero-order chi connectivity index (χ0) is 19.4. The fourth-order valence-electron chi connectivity index (χ4n) is 2.77. The second-order valence-electron chi connectivity index (χ2n) is 6.42. The van der Waals surface area contributed by atoms with Crippen LogP contribution >= 0.6 is 0 Å². The number of benzene rings is 2. The Labute approximate surface area is 158 Å². The second kappa shape index (κ2) is 7.83. The minimum Gasteiger partial charge on any atom is -0.354 e. The number of anilines is 3. The molecule has 27 heavy (non-hydrogen) atoms. The SMILES string of the molecule is CC(=O)c1cccc(Nc2ccc(C(=O)Nc3c(C)cccc3C)nc2)c1. The number of aryl methyl sites for hydroxylation is 2. The molecule has 3 aromatic rings. The number of nitrogens with one attached hydrogen (secondary N) is 2. The first-order valence-electron chi connectivity index (χ1n) is 8.65. The van der Waals surface area contributed by atoms with Crippen molar-refractivity contribution >= 4 is 28.8 Å².